The van der Waals surface area contributed by atoms with Crippen LogP contribution >= 0.6 is 0 Å². The van der Waals surface area contributed by atoms with Crippen molar-refractivity contribution in [2.24, 2.45) is 0 Å². The number of amides is 1. The Hall–Kier alpha value is -3.19. The number of carbonyl (C=O) groups excluding carboxylic acids is 1. The van der Waals surface area contributed by atoms with Crippen molar-refractivity contribution in [2.75, 3.05) is 0 Å². The van der Waals surface area contributed by atoms with Crippen LogP contribution in [0.15, 0.2) is 72.6 Å². The molecule has 1 heterocycles. The van der Waals surface area contributed by atoms with Crippen LogP contribution in [0, 0.1) is 11.3 Å². The van der Waals surface area contributed by atoms with E-state index in [1.807, 2.05) is 48.5 Å². The summed E-state index contributed by atoms with van der Waals surface area (Å²) in [5.41, 5.74) is 1.95. The molecule has 1 amide bonds. The van der Waals surface area contributed by atoms with Crippen LogP contribution in [0.4, 0.5) is 0 Å². The summed E-state index contributed by atoms with van der Waals surface area (Å²) >= 11 is 0. The zero-order valence-electron chi connectivity index (χ0n) is 11.9. The van der Waals surface area contributed by atoms with Crippen molar-refractivity contribution in [1.82, 2.24) is 10.3 Å². The molecule has 0 spiro atoms. The molecule has 0 fully saturated rings. The second kappa shape index (κ2) is 8.18. The van der Waals surface area contributed by atoms with Crippen molar-refractivity contribution >= 4 is 12.0 Å². The number of rotatable bonds is 5. The highest BCUT2D eigenvalue weighted by Crippen LogP contribution is 2.02. The summed E-state index contributed by atoms with van der Waals surface area (Å²) in [6, 6.07) is 15.2. The lowest BCUT2D eigenvalue weighted by molar-refractivity contribution is -0.117. The first-order chi connectivity index (χ1) is 10.8. The first-order valence-corrected chi connectivity index (χ1v) is 6.80. The number of nitrogens with one attached hydrogen (secondary N) is 1. The Bertz CT molecular complexity index is 713. The third kappa shape index (κ3) is 4.73. The number of hydrogen-bond acceptors (Lipinski definition) is 3. The van der Waals surface area contributed by atoms with Crippen LogP contribution in [0.2, 0.25) is 0 Å². The molecule has 0 bridgehead atoms. The summed E-state index contributed by atoms with van der Waals surface area (Å²) in [4.78, 5) is 15.9. The Balaban J connectivity index is 1.95. The zero-order chi connectivity index (χ0) is 15.6. The summed E-state index contributed by atoms with van der Waals surface area (Å²) in [5, 5.41) is 11.8. The number of nitriles is 1. The molecule has 4 nitrogen and oxygen atoms in total. The Morgan fingerprint density at radius 2 is 2.05 bits per heavy atom. The van der Waals surface area contributed by atoms with Crippen LogP contribution in [0.25, 0.3) is 6.08 Å². The number of aromatic nitrogens is 1. The maximum atomic E-state index is 11.9. The molecule has 1 N–H and O–H groups in total. The number of allylic oxidation sites excluding steroid dienone is 2. The molecule has 4 heteroatoms. The van der Waals surface area contributed by atoms with E-state index in [0.717, 1.165) is 11.1 Å². The molecule has 0 saturated heterocycles. The van der Waals surface area contributed by atoms with Crippen LogP contribution in [0.1, 0.15) is 11.1 Å². The lowest BCUT2D eigenvalue weighted by atomic mass is 10.2. The van der Waals surface area contributed by atoms with Crippen LogP contribution in [0.5, 0.6) is 0 Å². The molecule has 0 aliphatic carbocycles. The van der Waals surface area contributed by atoms with Gasteiger partial charge in [0.25, 0.3) is 5.91 Å². The zero-order valence-corrected chi connectivity index (χ0v) is 11.9. The van der Waals surface area contributed by atoms with E-state index in [4.69, 9.17) is 5.26 Å². The quantitative estimate of drug-likeness (QED) is 0.523. The predicted octanol–water partition coefficient (Wildman–Crippen LogP) is 2.86. The smallest absolute Gasteiger partial charge is 0.262 e. The summed E-state index contributed by atoms with van der Waals surface area (Å²) < 4.78 is 0. The minimum atomic E-state index is -0.387. The van der Waals surface area contributed by atoms with Gasteiger partial charge in [-0.25, -0.2) is 0 Å². The third-order valence-electron chi connectivity index (χ3n) is 2.90. The lowest BCUT2D eigenvalue weighted by Crippen LogP contribution is -2.23. The van der Waals surface area contributed by atoms with Crippen molar-refractivity contribution in [1.29, 1.82) is 5.26 Å². The molecule has 1 aromatic heterocycles. The molecule has 0 radical (unpaired) electrons. The van der Waals surface area contributed by atoms with Gasteiger partial charge in [-0.3, -0.25) is 9.78 Å². The second-order valence-electron chi connectivity index (χ2n) is 4.51. The largest absolute Gasteiger partial charge is 0.347 e. The van der Waals surface area contributed by atoms with Gasteiger partial charge in [-0.15, -0.1) is 0 Å². The monoisotopic (exact) mass is 289 g/mol. The molecule has 0 saturated carbocycles. The minimum absolute atomic E-state index is 0.0658. The van der Waals surface area contributed by atoms with Crippen LogP contribution in [-0.2, 0) is 11.3 Å². The molecule has 0 aliphatic rings. The van der Waals surface area contributed by atoms with Crippen molar-refractivity contribution in [3.8, 4) is 6.07 Å². The van der Waals surface area contributed by atoms with E-state index >= 15 is 0 Å². The van der Waals surface area contributed by atoms with Crippen molar-refractivity contribution in [3.05, 3.63) is 83.7 Å². The van der Waals surface area contributed by atoms with Gasteiger partial charge in [0.1, 0.15) is 11.6 Å². The molecule has 108 valence electrons. The Morgan fingerprint density at radius 3 is 2.73 bits per heavy atom. The van der Waals surface area contributed by atoms with Crippen molar-refractivity contribution in [3.63, 3.8) is 0 Å². The van der Waals surface area contributed by atoms with Gasteiger partial charge in [0, 0.05) is 18.9 Å². The van der Waals surface area contributed by atoms with E-state index < -0.39 is 0 Å². The number of benzene rings is 1. The number of hydrogen-bond donors (Lipinski definition) is 1. The molecule has 22 heavy (non-hydrogen) atoms. The van der Waals surface area contributed by atoms with Gasteiger partial charge >= 0.3 is 0 Å². The number of nitrogens with zero attached hydrogens (tertiary/aromatic N) is 2. The molecule has 0 aliphatic heterocycles. The summed E-state index contributed by atoms with van der Waals surface area (Å²) in [6.45, 7) is 0.394. The van der Waals surface area contributed by atoms with E-state index in [0.29, 0.717) is 6.54 Å². The molecular weight excluding hydrogens is 274 g/mol. The molecule has 2 rings (SSSR count). The fraction of sp³-hybridized carbons (Fsp3) is 0.0556. The van der Waals surface area contributed by atoms with Gasteiger partial charge in [-0.2, -0.15) is 5.26 Å². The van der Waals surface area contributed by atoms with Gasteiger partial charge in [0.15, 0.2) is 0 Å². The van der Waals surface area contributed by atoms with Gasteiger partial charge in [0.05, 0.1) is 0 Å². The first kappa shape index (κ1) is 15.2. The maximum Gasteiger partial charge on any atom is 0.262 e. The van der Waals surface area contributed by atoms with Crippen LogP contribution < -0.4 is 5.32 Å². The van der Waals surface area contributed by atoms with Gasteiger partial charge in [-0.1, -0.05) is 48.6 Å². The summed E-state index contributed by atoms with van der Waals surface area (Å²) in [5.74, 6) is -0.387. The van der Waals surface area contributed by atoms with Crippen molar-refractivity contribution < 1.29 is 4.79 Å². The number of pyridine rings is 1. The highest BCUT2D eigenvalue weighted by molar-refractivity contribution is 5.97. The first-order valence-electron chi connectivity index (χ1n) is 6.80. The lowest BCUT2D eigenvalue weighted by Gasteiger charge is -2.03. The normalized spacial score (nSPS) is 11.1. The minimum Gasteiger partial charge on any atom is -0.347 e. The van der Waals surface area contributed by atoms with E-state index in [1.54, 1.807) is 24.5 Å². The maximum absolute atomic E-state index is 11.9. The van der Waals surface area contributed by atoms with E-state index in [9.17, 15) is 4.79 Å². The van der Waals surface area contributed by atoms with Gasteiger partial charge < -0.3 is 5.32 Å². The van der Waals surface area contributed by atoms with E-state index in [2.05, 4.69) is 10.3 Å². The summed E-state index contributed by atoms with van der Waals surface area (Å²) in [7, 11) is 0. The Labute approximate surface area is 129 Å². The standard InChI is InChI=1S/C18H15N3O/c19-12-17(10-4-8-15-9-5-11-20-13-15)18(22)21-14-16-6-2-1-3-7-16/h1-11,13H,14H2,(H,21,22). The highest BCUT2D eigenvalue weighted by Gasteiger charge is 2.06. The van der Waals surface area contributed by atoms with Crippen LogP contribution in [-0.4, -0.2) is 10.9 Å². The van der Waals surface area contributed by atoms with E-state index in [1.165, 1.54) is 6.08 Å². The molecule has 2 aromatic rings. The fourth-order valence-electron chi connectivity index (χ4n) is 1.77. The SMILES string of the molecule is N#CC(=CC=Cc1cccnc1)C(=O)NCc1ccccc1. The molecular formula is C18H15N3O. The Morgan fingerprint density at radius 1 is 1.23 bits per heavy atom. The van der Waals surface area contributed by atoms with Gasteiger partial charge in [-0.05, 0) is 23.3 Å². The van der Waals surface area contributed by atoms with Crippen molar-refractivity contribution in [2.45, 2.75) is 6.54 Å². The average Bonchev–Trinajstić information content (AvgIpc) is 2.58. The average molecular weight is 289 g/mol. The topological polar surface area (TPSA) is 65.8 Å². The van der Waals surface area contributed by atoms with Gasteiger partial charge in [0.2, 0.25) is 0 Å². The van der Waals surface area contributed by atoms with Crippen LogP contribution in [0.3, 0.4) is 0 Å². The predicted molar refractivity (Wildman–Crippen MR) is 85.3 cm³/mol. The molecule has 0 atom stereocenters. The highest BCUT2D eigenvalue weighted by atomic mass is 16.1. The van der Waals surface area contributed by atoms with E-state index in [-0.39, 0.29) is 11.5 Å². The number of carbonyl (C=O) groups is 1. The third-order valence-corrected chi connectivity index (χ3v) is 2.90. The Kier molecular flexibility index (Phi) is 5.65. The fourth-order valence-corrected chi connectivity index (χ4v) is 1.77. The molecule has 0 unspecified atom stereocenters. The second-order valence-corrected chi connectivity index (χ2v) is 4.51. The summed E-state index contributed by atoms with van der Waals surface area (Å²) in [6.07, 6.45) is 8.33. The molecule has 1 aromatic carbocycles.